The van der Waals surface area contributed by atoms with Crippen molar-refractivity contribution in [3.8, 4) is 6.07 Å². The maximum absolute atomic E-state index is 12.1. The Kier molecular flexibility index (Phi) is 5.11. The number of carbonyl (C=O) groups is 1. The highest BCUT2D eigenvalue weighted by Crippen LogP contribution is 2.20. The van der Waals surface area contributed by atoms with Crippen LogP contribution < -0.4 is 4.72 Å². The first kappa shape index (κ1) is 16.4. The van der Waals surface area contributed by atoms with Crippen molar-refractivity contribution in [2.24, 2.45) is 5.92 Å². The van der Waals surface area contributed by atoms with Crippen molar-refractivity contribution in [3.63, 3.8) is 0 Å². The molecule has 0 aliphatic carbocycles. The number of carboxylic acids is 1. The standard InChI is InChI=1S/C12H13ClN2O4S/c1-7(2)11(12(16)17)15-20(18,19)9-4-3-8(6-14)10(13)5-9/h3-5,7,11,15H,1-2H3,(H,16,17)/t11-/m0/s1. The molecule has 0 unspecified atom stereocenters. The summed E-state index contributed by atoms with van der Waals surface area (Å²) in [5.74, 6) is -1.68. The summed E-state index contributed by atoms with van der Waals surface area (Å²) in [7, 11) is -4.02. The predicted molar refractivity (Wildman–Crippen MR) is 72.8 cm³/mol. The SMILES string of the molecule is CC(C)[C@H](NS(=O)(=O)c1ccc(C#N)c(Cl)c1)C(=O)O. The lowest BCUT2D eigenvalue weighted by Gasteiger charge is -2.18. The summed E-state index contributed by atoms with van der Waals surface area (Å²) >= 11 is 5.77. The molecule has 0 fully saturated rings. The maximum Gasteiger partial charge on any atom is 0.322 e. The van der Waals surface area contributed by atoms with Gasteiger partial charge in [0.05, 0.1) is 15.5 Å². The molecule has 0 heterocycles. The van der Waals surface area contributed by atoms with Crippen molar-refractivity contribution >= 4 is 27.6 Å². The number of hydrogen-bond acceptors (Lipinski definition) is 4. The van der Waals surface area contributed by atoms with Crippen molar-refractivity contribution in [3.05, 3.63) is 28.8 Å². The molecule has 108 valence electrons. The molecule has 0 bridgehead atoms. The highest BCUT2D eigenvalue weighted by molar-refractivity contribution is 7.89. The third-order valence-electron chi connectivity index (χ3n) is 2.59. The van der Waals surface area contributed by atoms with Gasteiger partial charge in [-0.25, -0.2) is 8.42 Å². The Hall–Kier alpha value is -1.62. The van der Waals surface area contributed by atoms with Crippen LogP contribution in [0.25, 0.3) is 0 Å². The Bertz CT molecular complexity index is 665. The minimum Gasteiger partial charge on any atom is -0.480 e. The Labute approximate surface area is 122 Å². The van der Waals surface area contributed by atoms with E-state index in [1.165, 1.54) is 12.1 Å². The Morgan fingerprint density at radius 3 is 2.45 bits per heavy atom. The molecule has 20 heavy (non-hydrogen) atoms. The highest BCUT2D eigenvalue weighted by atomic mass is 35.5. The van der Waals surface area contributed by atoms with Gasteiger partial charge >= 0.3 is 5.97 Å². The fourth-order valence-corrected chi connectivity index (χ4v) is 3.11. The fraction of sp³-hybridized carbons (Fsp3) is 0.333. The normalized spacial score (nSPS) is 12.9. The molecule has 8 heteroatoms. The molecule has 2 N–H and O–H groups in total. The molecule has 0 aliphatic heterocycles. The van der Waals surface area contributed by atoms with E-state index in [9.17, 15) is 13.2 Å². The number of sulfonamides is 1. The minimum atomic E-state index is -4.02. The van der Waals surface area contributed by atoms with Crippen LogP contribution in [0.5, 0.6) is 0 Å². The summed E-state index contributed by atoms with van der Waals surface area (Å²) in [4.78, 5) is 10.8. The van der Waals surface area contributed by atoms with Gasteiger partial charge in [0, 0.05) is 0 Å². The van der Waals surface area contributed by atoms with Gasteiger partial charge in [-0.05, 0) is 24.1 Å². The quantitative estimate of drug-likeness (QED) is 0.858. The zero-order valence-corrected chi connectivity index (χ0v) is 12.4. The topological polar surface area (TPSA) is 107 Å². The van der Waals surface area contributed by atoms with E-state index in [0.717, 1.165) is 6.07 Å². The van der Waals surface area contributed by atoms with E-state index >= 15 is 0 Å². The van der Waals surface area contributed by atoms with Crippen LogP contribution in [0.4, 0.5) is 0 Å². The second kappa shape index (κ2) is 6.22. The lowest BCUT2D eigenvalue weighted by atomic mass is 10.1. The van der Waals surface area contributed by atoms with E-state index in [0.29, 0.717) is 0 Å². The summed E-state index contributed by atoms with van der Waals surface area (Å²) in [6.45, 7) is 3.18. The number of nitrogens with zero attached hydrogens (tertiary/aromatic N) is 1. The van der Waals surface area contributed by atoms with Gasteiger partial charge in [-0.15, -0.1) is 0 Å². The molecule has 0 aromatic heterocycles. The predicted octanol–water partition coefficient (Wildman–Crippen LogP) is 1.60. The third kappa shape index (κ3) is 3.70. The van der Waals surface area contributed by atoms with Gasteiger partial charge in [-0.1, -0.05) is 25.4 Å². The van der Waals surface area contributed by atoms with Gasteiger partial charge in [0.2, 0.25) is 10.0 Å². The van der Waals surface area contributed by atoms with Crippen LogP contribution >= 0.6 is 11.6 Å². The summed E-state index contributed by atoms with van der Waals surface area (Å²) in [5, 5.41) is 17.7. The van der Waals surface area contributed by atoms with E-state index in [1.54, 1.807) is 13.8 Å². The number of hydrogen-bond donors (Lipinski definition) is 2. The Morgan fingerprint density at radius 1 is 1.45 bits per heavy atom. The smallest absolute Gasteiger partial charge is 0.322 e. The van der Waals surface area contributed by atoms with Crippen molar-refractivity contribution in [2.75, 3.05) is 0 Å². The van der Waals surface area contributed by atoms with Gasteiger partial charge in [0.1, 0.15) is 12.1 Å². The average molecular weight is 317 g/mol. The van der Waals surface area contributed by atoms with Gasteiger partial charge in [-0.3, -0.25) is 4.79 Å². The summed E-state index contributed by atoms with van der Waals surface area (Å²) in [6, 6.07) is 4.15. The fourth-order valence-electron chi connectivity index (χ4n) is 1.46. The van der Waals surface area contributed by atoms with E-state index in [-0.39, 0.29) is 15.5 Å². The highest BCUT2D eigenvalue weighted by Gasteiger charge is 2.28. The molecule has 1 aromatic rings. The molecule has 6 nitrogen and oxygen atoms in total. The number of halogens is 1. The first-order valence-corrected chi connectivity index (χ1v) is 7.50. The van der Waals surface area contributed by atoms with Crippen LogP contribution in [-0.2, 0) is 14.8 Å². The molecule has 0 amide bonds. The average Bonchev–Trinajstić information content (AvgIpc) is 2.35. The lowest BCUT2D eigenvalue weighted by Crippen LogP contribution is -2.44. The van der Waals surface area contributed by atoms with Crippen molar-refractivity contribution in [1.29, 1.82) is 5.26 Å². The monoisotopic (exact) mass is 316 g/mol. The van der Waals surface area contributed by atoms with Crippen LogP contribution in [0, 0.1) is 17.2 Å². The van der Waals surface area contributed by atoms with E-state index in [4.69, 9.17) is 22.0 Å². The van der Waals surface area contributed by atoms with E-state index in [2.05, 4.69) is 4.72 Å². The Morgan fingerprint density at radius 2 is 2.05 bits per heavy atom. The number of benzene rings is 1. The Balaban J connectivity index is 3.15. The van der Waals surface area contributed by atoms with Crippen LogP contribution in [0.2, 0.25) is 5.02 Å². The summed E-state index contributed by atoms with van der Waals surface area (Å²) in [6.07, 6.45) is 0. The molecule has 0 aliphatic rings. The molecule has 1 aromatic carbocycles. The van der Waals surface area contributed by atoms with Crippen LogP contribution in [0.1, 0.15) is 19.4 Å². The minimum absolute atomic E-state index is 0.00760. The lowest BCUT2D eigenvalue weighted by molar-refractivity contribution is -0.140. The third-order valence-corrected chi connectivity index (χ3v) is 4.34. The van der Waals surface area contributed by atoms with Gasteiger partial charge in [0.15, 0.2) is 0 Å². The zero-order valence-electron chi connectivity index (χ0n) is 10.8. The first-order chi connectivity index (χ1) is 9.19. The summed E-state index contributed by atoms with van der Waals surface area (Å²) < 4.78 is 26.3. The molecule has 0 spiro atoms. The van der Waals surface area contributed by atoms with E-state index in [1.807, 2.05) is 6.07 Å². The van der Waals surface area contributed by atoms with Crippen molar-refractivity contribution < 1.29 is 18.3 Å². The number of rotatable bonds is 5. The first-order valence-electron chi connectivity index (χ1n) is 5.64. The zero-order chi connectivity index (χ0) is 15.5. The van der Waals surface area contributed by atoms with E-state index < -0.39 is 28.0 Å². The van der Waals surface area contributed by atoms with Crippen LogP contribution in [0.15, 0.2) is 23.1 Å². The number of carboxylic acid groups (broad SMARTS) is 1. The second-order valence-electron chi connectivity index (χ2n) is 4.43. The maximum atomic E-state index is 12.1. The number of nitriles is 1. The largest absolute Gasteiger partial charge is 0.480 e. The molecule has 1 rings (SSSR count). The summed E-state index contributed by atoms with van der Waals surface area (Å²) in [5.41, 5.74) is 0.143. The molecular weight excluding hydrogens is 304 g/mol. The van der Waals surface area contributed by atoms with Crippen LogP contribution in [-0.4, -0.2) is 25.5 Å². The molecule has 1 atom stereocenters. The number of aliphatic carboxylic acids is 1. The van der Waals surface area contributed by atoms with Crippen molar-refractivity contribution in [1.82, 2.24) is 4.72 Å². The van der Waals surface area contributed by atoms with Crippen molar-refractivity contribution in [2.45, 2.75) is 24.8 Å². The molecule has 0 saturated carbocycles. The molecule has 0 saturated heterocycles. The molecular formula is C12H13ClN2O4S. The molecule has 0 radical (unpaired) electrons. The van der Waals surface area contributed by atoms with Gasteiger partial charge < -0.3 is 5.11 Å². The number of nitrogens with one attached hydrogen (secondary N) is 1. The van der Waals surface area contributed by atoms with Crippen LogP contribution in [0.3, 0.4) is 0 Å². The van der Waals surface area contributed by atoms with Gasteiger partial charge in [-0.2, -0.15) is 9.98 Å². The second-order valence-corrected chi connectivity index (χ2v) is 6.56. The van der Waals surface area contributed by atoms with Gasteiger partial charge in [0.25, 0.3) is 0 Å².